The summed E-state index contributed by atoms with van der Waals surface area (Å²) >= 11 is 0. The van der Waals surface area contributed by atoms with Crippen LogP contribution in [0.4, 0.5) is 0 Å². The molecule has 0 atom stereocenters. The van der Waals surface area contributed by atoms with Gasteiger partial charge in [0, 0.05) is 33.5 Å². The lowest BCUT2D eigenvalue weighted by atomic mass is 9.86. The van der Waals surface area contributed by atoms with Gasteiger partial charge in [0.05, 0.1) is 5.69 Å². The summed E-state index contributed by atoms with van der Waals surface area (Å²) in [7, 11) is 0. The van der Waals surface area contributed by atoms with Gasteiger partial charge in [-0.1, -0.05) is 39.0 Å². The van der Waals surface area contributed by atoms with Crippen LogP contribution in [0.2, 0.25) is 0 Å². The van der Waals surface area contributed by atoms with E-state index in [1.807, 2.05) is 6.07 Å². The van der Waals surface area contributed by atoms with Crippen molar-refractivity contribution in [2.24, 2.45) is 5.41 Å². The number of pyridine rings is 1. The fourth-order valence-electron chi connectivity index (χ4n) is 3.38. The second kappa shape index (κ2) is 6.23. The number of rotatable bonds is 2. The summed E-state index contributed by atoms with van der Waals surface area (Å²) in [6.45, 7) is 2.16. The lowest BCUT2D eigenvalue weighted by Crippen LogP contribution is -2.10. The number of furan rings is 1. The number of hydrogen-bond acceptors (Lipinski definition) is 2. The summed E-state index contributed by atoms with van der Waals surface area (Å²) in [6, 6.07) is 10.1. The summed E-state index contributed by atoms with van der Waals surface area (Å²) in [5.41, 5.74) is 1.94. The lowest BCUT2D eigenvalue weighted by Gasteiger charge is -2.20. The zero-order valence-corrected chi connectivity index (χ0v) is 15.9. The van der Waals surface area contributed by atoms with Crippen molar-refractivity contribution >= 4 is 21.9 Å². The van der Waals surface area contributed by atoms with Gasteiger partial charge in [-0.25, -0.2) is 0 Å². The van der Waals surface area contributed by atoms with Crippen LogP contribution in [0.25, 0.3) is 33.2 Å². The fraction of sp³-hybridized carbons (Fsp3) is 0.320. The van der Waals surface area contributed by atoms with Crippen LogP contribution in [0.15, 0.2) is 47.0 Å². The largest absolute Gasteiger partial charge is 0.455 e. The van der Waals surface area contributed by atoms with Crippen molar-refractivity contribution in [2.45, 2.75) is 47.8 Å². The van der Waals surface area contributed by atoms with Crippen LogP contribution in [-0.2, 0) is 6.37 Å². The molecule has 0 spiro atoms. The molecular weight excluding hydrogens is 330 g/mol. The topological polar surface area (TPSA) is 26.0 Å². The highest BCUT2D eigenvalue weighted by Crippen LogP contribution is 2.37. The van der Waals surface area contributed by atoms with E-state index in [4.69, 9.17) is 15.4 Å². The molecule has 2 heterocycles. The molecule has 0 radical (unpaired) electrons. The van der Waals surface area contributed by atoms with E-state index in [1.54, 1.807) is 52.0 Å². The molecule has 2 aromatic carbocycles. The third-order valence-electron chi connectivity index (χ3n) is 4.47. The summed E-state index contributed by atoms with van der Waals surface area (Å²) in [6.07, 6.45) is -0.734. The Kier molecular flexibility index (Phi) is 2.46. The van der Waals surface area contributed by atoms with Gasteiger partial charge in [-0.3, -0.25) is 4.98 Å². The number of benzene rings is 2. The predicted octanol–water partition coefficient (Wildman–Crippen LogP) is 7.16. The maximum Gasteiger partial charge on any atom is 0.144 e. The minimum Gasteiger partial charge on any atom is -0.455 e. The first-order valence-electron chi connectivity index (χ1n) is 12.9. The van der Waals surface area contributed by atoms with Gasteiger partial charge in [0.2, 0.25) is 0 Å². The molecule has 27 heavy (non-hydrogen) atoms. The van der Waals surface area contributed by atoms with Gasteiger partial charge in [-0.15, -0.1) is 0 Å². The number of aryl methyl sites for hydroxylation is 3. The highest BCUT2D eigenvalue weighted by atomic mass is 16.3. The van der Waals surface area contributed by atoms with Gasteiger partial charge in [0.15, 0.2) is 0 Å². The number of para-hydroxylation sites is 1. The van der Waals surface area contributed by atoms with E-state index < -0.39 is 25.5 Å². The van der Waals surface area contributed by atoms with Crippen LogP contribution in [0.5, 0.6) is 0 Å². The van der Waals surface area contributed by atoms with E-state index in [0.29, 0.717) is 38.8 Å². The third kappa shape index (κ3) is 3.25. The zero-order valence-electron chi connectivity index (χ0n) is 23.9. The van der Waals surface area contributed by atoms with Crippen LogP contribution >= 0.6 is 0 Å². The van der Waals surface area contributed by atoms with Gasteiger partial charge in [-0.05, 0) is 72.9 Å². The number of nitrogens with zero attached hydrogens (tertiary/aromatic N) is 1. The fourth-order valence-corrected chi connectivity index (χ4v) is 3.38. The normalized spacial score (nSPS) is 18.1. The van der Waals surface area contributed by atoms with Gasteiger partial charge in [0.25, 0.3) is 0 Å². The van der Waals surface area contributed by atoms with E-state index in [1.165, 1.54) is 12.3 Å². The molecular formula is C25H27NO. The van der Waals surface area contributed by atoms with Crippen LogP contribution in [-0.4, -0.2) is 4.98 Å². The third-order valence-corrected chi connectivity index (χ3v) is 4.47. The van der Waals surface area contributed by atoms with Crippen molar-refractivity contribution < 1.29 is 15.4 Å². The monoisotopic (exact) mass is 365 g/mol. The Bertz CT molecular complexity index is 1440. The summed E-state index contributed by atoms with van der Waals surface area (Å²) in [4.78, 5) is 4.39. The van der Waals surface area contributed by atoms with E-state index in [0.717, 1.165) is 0 Å². The van der Waals surface area contributed by atoms with E-state index in [9.17, 15) is 0 Å². The van der Waals surface area contributed by atoms with Crippen molar-refractivity contribution in [3.63, 3.8) is 0 Å². The standard InChI is InChI=1S/C25H27NO/c1-15-10-16(2)23-21(11-15)19-8-7-9-20(24(19)27-23)22-12-18(13-25(4,5)6)17(3)14-26-22/h7-12,14H,13H2,1-6H3/i1D3,3D3,13D2. The molecule has 2 heteroatoms. The van der Waals surface area contributed by atoms with Crippen molar-refractivity contribution in [1.82, 2.24) is 4.98 Å². The van der Waals surface area contributed by atoms with Crippen molar-refractivity contribution in [3.8, 4) is 11.3 Å². The van der Waals surface area contributed by atoms with Gasteiger partial charge >= 0.3 is 0 Å². The lowest BCUT2D eigenvalue weighted by molar-refractivity contribution is 0.410. The van der Waals surface area contributed by atoms with Crippen molar-refractivity contribution in [2.75, 3.05) is 0 Å². The van der Waals surface area contributed by atoms with Gasteiger partial charge < -0.3 is 4.42 Å². The Hall–Kier alpha value is -2.61. The summed E-state index contributed by atoms with van der Waals surface area (Å²) in [5.74, 6) is 0. The van der Waals surface area contributed by atoms with Crippen LogP contribution in [0.1, 0.15) is 54.0 Å². The molecule has 0 amide bonds. The molecule has 0 unspecified atom stereocenters. The highest BCUT2D eigenvalue weighted by Gasteiger charge is 2.17. The van der Waals surface area contributed by atoms with Crippen LogP contribution in [0, 0.1) is 26.0 Å². The van der Waals surface area contributed by atoms with Gasteiger partial charge in [-0.2, -0.15) is 0 Å². The first-order chi connectivity index (χ1) is 15.9. The minimum atomic E-state index is -2.53. The molecule has 138 valence electrons. The molecule has 2 nitrogen and oxygen atoms in total. The molecule has 0 bridgehead atoms. The number of aromatic nitrogens is 1. The smallest absolute Gasteiger partial charge is 0.144 e. The molecule has 0 N–H and O–H groups in total. The molecule has 0 aliphatic heterocycles. The SMILES string of the molecule is [2H]C([2H])([2H])c1cc(C)c2oc3c(-c4cc(C([2H])([2H])C(C)(C)C)c(C([2H])([2H])[2H])cn4)cccc3c2c1. The number of fused-ring (bicyclic) bond motifs is 3. The second-order valence-electron chi connectivity index (χ2n) is 7.94. The Morgan fingerprint density at radius 3 is 2.63 bits per heavy atom. The Balaban J connectivity index is 2.02. The van der Waals surface area contributed by atoms with Crippen molar-refractivity contribution in [1.29, 1.82) is 0 Å². The average molecular weight is 366 g/mol. The van der Waals surface area contributed by atoms with Crippen LogP contribution in [0.3, 0.4) is 0 Å². The molecule has 0 saturated heterocycles. The Morgan fingerprint density at radius 2 is 1.89 bits per heavy atom. The molecule has 2 aromatic heterocycles. The van der Waals surface area contributed by atoms with E-state index in [-0.39, 0.29) is 16.7 Å². The quantitative estimate of drug-likeness (QED) is 0.376. The highest BCUT2D eigenvalue weighted by molar-refractivity contribution is 6.10. The first kappa shape index (κ1) is 10.7. The Labute approximate surface area is 172 Å². The predicted molar refractivity (Wildman–Crippen MR) is 114 cm³/mol. The van der Waals surface area contributed by atoms with E-state index in [2.05, 4.69) is 4.98 Å². The molecule has 0 saturated carbocycles. The minimum absolute atomic E-state index is 0.0592. The Morgan fingerprint density at radius 1 is 1.04 bits per heavy atom. The molecule has 0 aliphatic carbocycles. The molecule has 4 aromatic rings. The molecule has 0 aliphatic rings. The summed E-state index contributed by atoms with van der Waals surface area (Å²) < 4.78 is 70.9. The maximum absolute atomic E-state index is 8.77. The van der Waals surface area contributed by atoms with Crippen LogP contribution < -0.4 is 0 Å². The summed E-state index contributed by atoms with van der Waals surface area (Å²) in [5, 5.41) is 1.37. The second-order valence-corrected chi connectivity index (χ2v) is 7.94. The average Bonchev–Trinajstić information content (AvgIpc) is 3.11. The molecule has 0 fully saturated rings. The van der Waals surface area contributed by atoms with Gasteiger partial charge in [0.1, 0.15) is 11.2 Å². The maximum atomic E-state index is 8.77. The zero-order chi connectivity index (χ0) is 26.1. The number of hydrogen-bond donors (Lipinski definition) is 0. The first-order valence-corrected chi connectivity index (χ1v) is 8.90. The molecule has 4 rings (SSSR count). The van der Waals surface area contributed by atoms with E-state index >= 15 is 0 Å². The van der Waals surface area contributed by atoms with Crippen molar-refractivity contribution in [3.05, 3.63) is 64.8 Å².